The molecule has 7 heteroatoms. The SMILES string of the molecule is CC1(S(=O)(=O)n2ccc3cccnc32)C=C(F)C=C(Br)C1. The Balaban J connectivity index is 2.20. The average Bonchev–Trinajstić information content (AvgIpc) is 2.81. The molecule has 1 unspecified atom stereocenters. The number of allylic oxidation sites excluding steroid dienone is 3. The summed E-state index contributed by atoms with van der Waals surface area (Å²) in [6.07, 6.45) is 5.58. The summed E-state index contributed by atoms with van der Waals surface area (Å²) < 4.78 is 39.8. The fraction of sp³-hybridized carbons (Fsp3) is 0.214. The quantitative estimate of drug-likeness (QED) is 0.812. The molecule has 21 heavy (non-hydrogen) atoms. The van der Waals surface area contributed by atoms with Gasteiger partial charge in [-0.05, 0) is 41.8 Å². The predicted octanol–water partition coefficient (Wildman–Crippen LogP) is 3.51. The van der Waals surface area contributed by atoms with Crippen molar-refractivity contribution in [2.45, 2.75) is 18.1 Å². The number of fused-ring (bicyclic) bond motifs is 1. The van der Waals surface area contributed by atoms with E-state index in [9.17, 15) is 12.8 Å². The molecule has 0 saturated heterocycles. The third-order valence-electron chi connectivity index (χ3n) is 3.52. The first-order valence-corrected chi connectivity index (χ1v) is 8.48. The van der Waals surface area contributed by atoms with E-state index in [0.29, 0.717) is 10.1 Å². The second kappa shape index (κ2) is 4.78. The van der Waals surface area contributed by atoms with Crippen LogP contribution in [0.4, 0.5) is 4.39 Å². The van der Waals surface area contributed by atoms with Crippen LogP contribution >= 0.6 is 15.9 Å². The highest BCUT2D eigenvalue weighted by molar-refractivity contribution is 9.11. The minimum absolute atomic E-state index is 0.176. The number of aromatic nitrogens is 2. The highest BCUT2D eigenvalue weighted by Crippen LogP contribution is 2.37. The van der Waals surface area contributed by atoms with E-state index in [4.69, 9.17) is 0 Å². The maximum atomic E-state index is 13.7. The lowest BCUT2D eigenvalue weighted by atomic mass is 10.0. The van der Waals surface area contributed by atoms with Crippen LogP contribution in [0.15, 0.2) is 53.1 Å². The number of hydrogen-bond acceptors (Lipinski definition) is 3. The molecule has 3 rings (SSSR count). The fourth-order valence-corrected chi connectivity index (χ4v) is 5.08. The van der Waals surface area contributed by atoms with E-state index < -0.39 is 20.6 Å². The molecule has 110 valence electrons. The minimum atomic E-state index is -3.84. The van der Waals surface area contributed by atoms with E-state index in [1.807, 2.05) is 0 Å². The van der Waals surface area contributed by atoms with Gasteiger partial charge >= 0.3 is 0 Å². The van der Waals surface area contributed by atoms with Gasteiger partial charge in [0.2, 0.25) is 10.0 Å². The Kier molecular flexibility index (Phi) is 3.29. The van der Waals surface area contributed by atoms with E-state index in [0.717, 1.165) is 15.4 Å². The zero-order chi connectivity index (χ0) is 15.3. The molecule has 0 fully saturated rings. The smallest absolute Gasteiger partial charge is 0.237 e. The van der Waals surface area contributed by atoms with Crippen LogP contribution in [0.3, 0.4) is 0 Å². The van der Waals surface area contributed by atoms with Crippen molar-refractivity contribution in [3.05, 3.63) is 53.1 Å². The zero-order valence-corrected chi connectivity index (χ0v) is 13.5. The molecule has 1 atom stereocenters. The standard InChI is InChI=1S/C14H12BrFN2O2S/c1-14(8-11(15)7-12(16)9-14)21(19,20)18-6-4-10-3-2-5-17-13(10)18/h2-7,9H,8H2,1H3. The third kappa shape index (κ3) is 2.24. The van der Waals surface area contributed by atoms with Crippen molar-refractivity contribution in [3.63, 3.8) is 0 Å². The van der Waals surface area contributed by atoms with Gasteiger partial charge in [0, 0.05) is 24.2 Å². The number of pyridine rings is 1. The lowest BCUT2D eigenvalue weighted by Crippen LogP contribution is -2.39. The third-order valence-corrected chi connectivity index (χ3v) is 6.28. The molecule has 0 bridgehead atoms. The lowest BCUT2D eigenvalue weighted by Gasteiger charge is -2.28. The molecule has 0 amide bonds. The fourth-order valence-electron chi connectivity index (χ4n) is 2.45. The van der Waals surface area contributed by atoms with Crippen LogP contribution in [-0.2, 0) is 10.0 Å². The largest absolute Gasteiger partial charge is 0.249 e. The van der Waals surface area contributed by atoms with Crippen LogP contribution in [0.2, 0.25) is 0 Å². The van der Waals surface area contributed by atoms with Gasteiger partial charge in [0.1, 0.15) is 10.6 Å². The summed E-state index contributed by atoms with van der Waals surface area (Å²) in [5.41, 5.74) is 0.346. The predicted molar refractivity (Wildman–Crippen MR) is 83.3 cm³/mol. The summed E-state index contributed by atoms with van der Waals surface area (Å²) >= 11 is 3.20. The molecule has 2 heterocycles. The minimum Gasteiger partial charge on any atom is -0.237 e. The Morgan fingerprint density at radius 3 is 2.90 bits per heavy atom. The van der Waals surface area contributed by atoms with Crippen molar-refractivity contribution >= 4 is 37.0 Å². The van der Waals surface area contributed by atoms with Gasteiger partial charge in [0.15, 0.2) is 5.65 Å². The van der Waals surface area contributed by atoms with E-state index >= 15 is 0 Å². The van der Waals surface area contributed by atoms with Gasteiger partial charge in [-0.15, -0.1) is 0 Å². The van der Waals surface area contributed by atoms with Gasteiger partial charge in [-0.1, -0.05) is 15.9 Å². The number of hydrogen-bond donors (Lipinski definition) is 0. The molecule has 4 nitrogen and oxygen atoms in total. The van der Waals surface area contributed by atoms with Crippen molar-refractivity contribution in [3.8, 4) is 0 Å². The van der Waals surface area contributed by atoms with Crippen LogP contribution in [0.25, 0.3) is 11.0 Å². The molecule has 0 spiro atoms. The van der Waals surface area contributed by atoms with Crippen LogP contribution in [0.1, 0.15) is 13.3 Å². The number of nitrogens with zero attached hydrogens (tertiary/aromatic N) is 2. The summed E-state index contributed by atoms with van der Waals surface area (Å²) in [6.45, 7) is 1.50. The summed E-state index contributed by atoms with van der Waals surface area (Å²) in [6, 6.07) is 5.20. The highest BCUT2D eigenvalue weighted by Gasteiger charge is 2.42. The van der Waals surface area contributed by atoms with Crippen molar-refractivity contribution in [2.24, 2.45) is 0 Å². The molecular formula is C14H12BrFN2O2S. The lowest BCUT2D eigenvalue weighted by molar-refractivity contribution is 0.544. The second-order valence-corrected chi connectivity index (χ2v) is 8.44. The van der Waals surface area contributed by atoms with Crippen molar-refractivity contribution in [1.29, 1.82) is 0 Å². The zero-order valence-electron chi connectivity index (χ0n) is 11.1. The monoisotopic (exact) mass is 370 g/mol. The summed E-state index contributed by atoms with van der Waals surface area (Å²) in [7, 11) is -3.84. The Bertz CT molecular complexity index is 885. The van der Waals surface area contributed by atoms with Crippen LogP contribution < -0.4 is 0 Å². The first-order chi connectivity index (χ1) is 9.83. The Labute approximate surface area is 130 Å². The normalized spacial score (nSPS) is 23.0. The van der Waals surface area contributed by atoms with Gasteiger partial charge in [-0.3, -0.25) is 0 Å². The Hall–Kier alpha value is -1.47. The second-order valence-electron chi connectivity index (χ2n) is 5.14. The molecule has 0 N–H and O–H groups in total. The van der Waals surface area contributed by atoms with Gasteiger partial charge in [0.05, 0.1) is 0 Å². The first-order valence-electron chi connectivity index (χ1n) is 6.25. The molecular weight excluding hydrogens is 359 g/mol. The van der Waals surface area contributed by atoms with Crippen LogP contribution in [0, 0.1) is 0 Å². The van der Waals surface area contributed by atoms with Crippen LogP contribution in [-0.4, -0.2) is 22.1 Å². The van der Waals surface area contributed by atoms with Crippen molar-refractivity contribution < 1.29 is 12.8 Å². The van der Waals surface area contributed by atoms with Crippen molar-refractivity contribution in [1.82, 2.24) is 8.96 Å². The maximum Gasteiger partial charge on any atom is 0.249 e. The average molecular weight is 371 g/mol. The van der Waals surface area contributed by atoms with Crippen LogP contribution in [0.5, 0.6) is 0 Å². The summed E-state index contributed by atoms with van der Waals surface area (Å²) in [5, 5.41) is 0.722. The van der Waals surface area contributed by atoms with E-state index in [2.05, 4.69) is 20.9 Å². The first kappa shape index (κ1) is 14.5. The van der Waals surface area contributed by atoms with Crippen molar-refractivity contribution in [2.75, 3.05) is 0 Å². The molecule has 2 aromatic heterocycles. The molecule has 0 saturated carbocycles. The molecule has 0 radical (unpaired) electrons. The summed E-state index contributed by atoms with van der Waals surface area (Å²) in [5.74, 6) is -0.566. The number of rotatable bonds is 2. The molecule has 2 aromatic rings. The van der Waals surface area contributed by atoms with E-state index in [-0.39, 0.29) is 6.42 Å². The topological polar surface area (TPSA) is 52.0 Å². The molecule has 0 aromatic carbocycles. The Morgan fingerprint density at radius 1 is 1.43 bits per heavy atom. The van der Waals surface area contributed by atoms with Gasteiger partial charge in [0.25, 0.3) is 0 Å². The van der Waals surface area contributed by atoms with Gasteiger partial charge in [-0.2, -0.15) is 0 Å². The number of halogens is 2. The van der Waals surface area contributed by atoms with Gasteiger partial charge < -0.3 is 0 Å². The summed E-state index contributed by atoms with van der Waals surface area (Å²) in [4.78, 5) is 4.11. The van der Waals surface area contributed by atoms with E-state index in [1.165, 1.54) is 25.4 Å². The Morgan fingerprint density at radius 2 is 2.19 bits per heavy atom. The molecule has 0 aliphatic heterocycles. The molecule has 1 aliphatic rings. The molecule has 1 aliphatic carbocycles. The maximum absolute atomic E-state index is 13.7. The van der Waals surface area contributed by atoms with Gasteiger partial charge in [-0.25, -0.2) is 21.8 Å². The van der Waals surface area contributed by atoms with E-state index in [1.54, 1.807) is 18.2 Å². The highest BCUT2D eigenvalue weighted by atomic mass is 79.9.